The second-order valence-corrected chi connectivity index (χ2v) is 10.2. The van der Waals surface area contributed by atoms with Crippen molar-refractivity contribution >= 4 is 33.9 Å². The predicted molar refractivity (Wildman–Crippen MR) is 126 cm³/mol. The molecule has 3 heterocycles. The number of nitrogens with one attached hydrogen (secondary N) is 1. The highest BCUT2D eigenvalue weighted by Crippen LogP contribution is 2.41. The fourth-order valence-corrected chi connectivity index (χ4v) is 5.91. The number of amides is 1. The molecular weight excluding hydrogens is 432 g/mol. The first kappa shape index (κ1) is 23.5. The van der Waals surface area contributed by atoms with Gasteiger partial charge in [-0.1, -0.05) is 49.9 Å². The number of aliphatic imine (C=N–C) groups is 1. The zero-order chi connectivity index (χ0) is 22.4. The Morgan fingerprint density at radius 2 is 2.03 bits per heavy atom. The first-order valence-corrected chi connectivity index (χ1v) is 12.6. The smallest absolute Gasteiger partial charge is 0.258 e. The number of hydrogen-bond acceptors (Lipinski definition) is 6. The van der Waals surface area contributed by atoms with Gasteiger partial charge in [-0.05, 0) is 30.2 Å². The molecule has 1 aromatic rings. The topological polar surface area (TPSA) is 105 Å². The number of thioether (sulfide) groups is 1. The molecule has 7 nitrogen and oxygen atoms in total. The Morgan fingerprint density at radius 1 is 1.29 bits per heavy atom. The van der Waals surface area contributed by atoms with E-state index in [2.05, 4.69) is 10.3 Å². The van der Waals surface area contributed by atoms with Crippen LogP contribution in [-0.2, 0) is 21.4 Å². The minimum absolute atomic E-state index is 0.0893. The molecule has 3 N–H and O–H groups in total. The second kappa shape index (κ2) is 10.4. The van der Waals surface area contributed by atoms with Gasteiger partial charge in [-0.2, -0.15) is 4.31 Å². The predicted octanol–water partition coefficient (Wildman–Crippen LogP) is 2.78. The van der Waals surface area contributed by atoms with E-state index < -0.39 is 10.0 Å². The lowest BCUT2D eigenvalue weighted by Gasteiger charge is -2.16. The van der Waals surface area contributed by atoms with Crippen LogP contribution in [0.15, 0.2) is 68.4 Å². The summed E-state index contributed by atoms with van der Waals surface area (Å²) in [5.74, 6) is -0.0597. The summed E-state index contributed by atoms with van der Waals surface area (Å²) < 4.78 is 26.7. The monoisotopic (exact) mass is 460 g/mol. The molecular formula is C22H28N4O3S2. The summed E-state index contributed by atoms with van der Waals surface area (Å²) in [5, 5.41) is 2.89. The quantitative estimate of drug-likeness (QED) is 0.703. The van der Waals surface area contributed by atoms with Gasteiger partial charge in [0.1, 0.15) is 0 Å². The molecule has 0 saturated carbocycles. The highest BCUT2D eigenvalue weighted by molar-refractivity contribution is 8.07. The second-order valence-electron chi connectivity index (χ2n) is 7.11. The van der Waals surface area contributed by atoms with E-state index in [1.807, 2.05) is 32.1 Å². The van der Waals surface area contributed by atoms with Crippen LogP contribution in [0.2, 0.25) is 0 Å². The van der Waals surface area contributed by atoms with Crippen molar-refractivity contribution in [3.05, 3.63) is 64.1 Å². The van der Waals surface area contributed by atoms with Gasteiger partial charge in [0.25, 0.3) is 5.91 Å². The molecule has 3 aliphatic heterocycles. The zero-order valence-corrected chi connectivity index (χ0v) is 19.3. The Kier molecular flexibility index (Phi) is 7.88. The summed E-state index contributed by atoms with van der Waals surface area (Å²) in [6.07, 6.45) is 9.98. The fourth-order valence-electron chi connectivity index (χ4n) is 3.36. The van der Waals surface area contributed by atoms with Gasteiger partial charge in [-0.25, -0.2) is 8.42 Å². The van der Waals surface area contributed by atoms with Gasteiger partial charge < -0.3 is 11.1 Å². The summed E-state index contributed by atoms with van der Waals surface area (Å²) >= 11 is 1.42. The molecule has 1 aromatic carbocycles. The van der Waals surface area contributed by atoms with E-state index in [1.54, 1.807) is 36.7 Å². The van der Waals surface area contributed by atoms with E-state index in [1.165, 1.54) is 16.1 Å². The number of sulfonamides is 1. The van der Waals surface area contributed by atoms with Crippen LogP contribution in [0, 0.1) is 5.92 Å². The van der Waals surface area contributed by atoms with Crippen LogP contribution in [0.4, 0.5) is 0 Å². The van der Waals surface area contributed by atoms with Crippen LogP contribution in [0.5, 0.6) is 0 Å². The van der Waals surface area contributed by atoms with Crippen LogP contribution in [0.3, 0.4) is 0 Å². The average molecular weight is 461 g/mol. The van der Waals surface area contributed by atoms with Crippen molar-refractivity contribution in [2.45, 2.75) is 37.8 Å². The number of fused-ring (bicyclic) bond motifs is 1. The van der Waals surface area contributed by atoms with E-state index in [-0.39, 0.29) is 22.8 Å². The van der Waals surface area contributed by atoms with Crippen molar-refractivity contribution in [3.63, 3.8) is 0 Å². The van der Waals surface area contributed by atoms with E-state index in [0.717, 1.165) is 10.5 Å². The number of carbonyl (C=O) groups is 1. The molecule has 0 radical (unpaired) electrons. The summed E-state index contributed by atoms with van der Waals surface area (Å²) in [6, 6.07) is 6.51. The molecule has 166 valence electrons. The molecule has 31 heavy (non-hydrogen) atoms. The van der Waals surface area contributed by atoms with Gasteiger partial charge in [-0.3, -0.25) is 9.79 Å². The number of nitrogens with zero attached hydrogens (tertiary/aromatic N) is 2. The third kappa shape index (κ3) is 5.54. The molecule has 2 atom stereocenters. The van der Waals surface area contributed by atoms with E-state index >= 15 is 0 Å². The summed E-state index contributed by atoms with van der Waals surface area (Å²) in [5.41, 5.74) is 6.65. The fraction of sp³-hybridized carbons (Fsp3) is 0.364. The van der Waals surface area contributed by atoms with E-state index in [4.69, 9.17) is 5.73 Å². The number of hydrogen-bond donors (Lipinski definition) is 2. The summed E-state index contributed by atoms with van der Waals surface area (Å²) in [4.78, 5) is 18.5. The molecule has 1 fully saturated rings. The van der Waals surface area contributed by atoms with Gasteiger partial charge in [0.15, 0.2) is 0 Å². The van der Waals surface area contributed by atoms with Gasteiger partial charge in [-0.15, -0.1) is 0 Å². The summed E-state index contributed by atoms with van der Waals surface area (Å²) in [7, 11) is -3.52. The Labute approximate surface area is 188 Å². The summed E-state index contributed by atoms with van der Waals surface area (Å²) in [6.45, 7) is 5.13. The van der Waals surface area contributed by atoms with Gasteiger partial charge in [0.2, 0.25) is 10.0 Å². The van der Waals surface area contributed by atoms with Crippen LogP contribution in [0.1, 0.15) is 25.8 Å². The van der Waals surface area contributed by atoms with Crippen LogP contribution < -0.4 is 11.1 Å². The van der Waals surface area contributed by atoms with Gasteiger partial charge in [0, 0.05) is 48.9 Å². The third-order valence-electron chi connectivity index (χ3n) is 5.01. The normalized spacial score (nSPS) is 22.7. The minimum atomic E-state index is -3.52. The highest BCUT2D eigenvalue weighted by atomic mass is 32.2. The van der Waals surface area contributed by atoms with E-state index in [9.17, 15) is 13.2 Å². The molecule has 0 spiro atoms. The molecule has 3 aliphatic rings. The van der Waals surface area contributed by atoms with Crippen molar-refractivity contribution in [3.8, 4) is 0 Å². The van der Waals surface area contributed by atoms with Crippen LogP contribution >= 0.6 is 11.8 Å². The lowest BCUT2D eigenvalue weighted by Crippen LogP contribution is -2.32. The Bertz CT molecular complexity index is 1030. The first-order chi connectivity index (χ1) is 14.9. The number of allylic oxidation sites excluding steroid dienone is 4. The Hall–Kier alpha value is -2.20. The molecule has 0 aromatic heterocycles. The number of nitrogens with two attached hydrogens (primary N) is 1. The van der Waals surface area contributed by atoms with Gasteiger partial charge >= 0.3 is 0 Å². The zero-order valence-electron chi connectivity index (χ0n) is 17.7. The lowest BCUT2D eigenvalue weighted by molar-refractivity contribution is -0.116. The number of rotatable bonds is 5. The molecule has 1 amide bonds. The molecule has 9 heteroatoms. The van der Waals surface area contributed by atoms with Gasteiger partial charge in [0.05, 0.1) is 9.80 Å². The third-order valence-corrected chi connectivity index (χ3v) is 8.04. The van der Waals surface area contributed by atoms with Crippen molar-refractivity contribution < 1.29 is 13.2 Å². The standard InChI is InChI=1S/C20H22N4O3S2.C2H6/c21-16-7-9-24(13-16)29(26,27)17-5-3-14(4-6-17)11-23-20(25)18-10-15-2-1-8-22-12-19(15)28-18;1-2/h1-6,8,10,12,15-16H,7,9,11,13,21H2,(H,23,25);1-2H3. The van der Waals surface area contributed by atoms with Crippen LogP contribution in [0.25, 0.3) is 0 Å². The van der Waals surface area contributed by atoms with E-state index in [0.29, 0.717) is 31.0 Å². The molecule has 0 bridgehead atoms. The lowest BCUT2D eigenvalue weighted by atomic mass is 10.1. The maximum Gasteiger partial charge on any atom is 0.258 e. The number of carbonyl (C=O) groups excluding carboxylic acids is 1. The van der Waals surface area contributed by atoms with Crippen molar-refractivity contribution in [2.24, 2.45) is 16.6 Å². The SMILES string of the molecule is CC.NC1CCN(S(=O)(=O)c2ccc(CNC(=O)C3=CC4C=CC=NC=C4S3)cc2)C1. The first-order valence-electron chi connectivity index (χ1n) is 10.4. The molecule has 4 rings (SSSR count). The number of benzene rings is 1. The van der Waals surface area contributed by atoms with Crippen molar-refractivity contribution in [1.29, 1.82) is 0 Å². The molecule has 0 aliphatic carbocycles. The molecule has 2 unspecified atom stereocenters. The maximum atomic E-state index is 12.6. The van der Waals surface area contributed by atoms with Crippen molar-refractivity contribution in [2.75, 3.05) is 13.1 Å². The minimum Gasteiger partial charge on any atom is -0.348 e. The van der Waals surface area contributed by atoms with Crippen LogP contribution in [-0.4, -0.2) is 44.0 Å². The largest absolute Gasteiger partial charge is 0.348 e. The Morgan fingerprint density at radius 3 is 2.71 bits per heavy atom. The average Bonchev–Trinajstić information content (AvgIpc) is 3.34. The maximum absolute atomic E-state index is 12.6. The highest BCUT2D eigenvalue weighted by Gasteiger charge is 2.31. The Balaban J connectivity index is 0.00000132. The van der Waals surface area contributed by atoms with Crippen molar-refractivity contribution in [1.82, 2.24) is 9.62 Å². The molecule has 1 saturated heterocycles.